The van der Waals surface area contributed by atoms with Gasteiger partial charge in [-0.25, -0.2) is 0 Å². The lowest BCUT2D eigenvalue weighted by molar-refractivity contribution is 0.200. The summed E-state index contributed by atoms with van der Waals surface area (Å²) in [7, 11) is 0. The van der Waals surface area contributed by atoms with Gasteiger partial charge in [0.05, 0.1) is 0 Å². The predicted octanol–water partition coefficient (Wildman–Crippen LogP) is 1.78. The van der Waals surface area contributed by atoms with E-state index in [1.807, 2.05) is 0 Å². The Morgan fingerprint density at radius 2 is 2.00 bits per heavy atom. The Labute approximate surface area is 81.7 Å². The molecule has 1 rings (SSSR count). The monoisotopic (exact) mass is 185 g/mol. The molecule has 1 fully saturated rings. The van der Waals surface area contributed by atoms with Gasteiger partial charge in [-0.1, -0.05) is 20.3 Å². The van der Waals surface area contributed by atoms with Gasteiger partial charge >= 0.3 is 0 Å². The van der Waals surface area contributed by atoms with Gasteiger partial charge < -0.3 is 10.4 Å². The van der Waals surface area contributed by atoms with Gasteiger partial charge in [0.2, 0.25) is 0 Å². The number of rotatable bonds is 6. The van der Waals surface area contributed by atoms with Crippen LogP contribution < -0.4 is 5.32 Å². The average Bonchev–Trinajstić information content (AvgIpc) is 2.93. The Bertz CT molecular complexity index is 154. The second kappa shape index (κ2) is 4.43. The first-order valence-electron chi connectivity index (χ1n) is 5.48. The van der Waals surface area contributed by atoms with Crippen molar-refractivity contribution >= 4 is 0 Å². The number of aliphatic hydroxyl groups is 1. The van der Waals surface area contributed by atoms with E-state index in [0.29, 0.717) is 12.6 Å². The molecule has 1 aliphatic rings. The van der Waals surface area contributed by atoms with Crippen LogP contribution in [0.25, 0.3) is 0 Å². The van der Waals surface area contributed by atoms with Crippen LogP contribution in [0.15, 0.2) is 0 Å². The molecule has 1 saturated carbocycles. The molecule has 2 nitrogen and oxygen atoms in total. The highest BCUT2D eigenvalue weighted by Gasteiger charge is 2.41. The van der Waals surface area contributed by atoms with Crippen LogP contribution in [0.5, 0.6) is 0 Å². The smallest absolute Gasteiger partial charge is 0.0499 e. The lowest BCUT2D eigenvalue weighted by atomic mass is 9.99. The Kier molecular flexibility index (Phi) is 3.74. The minimum atomic E-state index is 0.252. The molecular formula is C11H23NO. The molecular weight excluding hydrogens is 162 g/mol. The molecule has 1 aliphatic carbocycles. The summed E-state index contributed by atoms with van der Waals surface area (Å²) in [6.07, 6.45) is 3.62. The molecule has 0 bridgehead atoms. The summed E-state index contributed by atoms with van der Waals surface area (Å²) in [5.41, 5.74) is 0.252. The molecule has 0 amide bonds. The van der Waals surface area contributed by atoms with Gasteiger partial charge in [-0.15, -0.1) is 0 Å². The van der Waals surface area contributed by atoms with Crippen molar-refractivity contribution in [2.24, 2.45) is 11.3 Å². The van der Waals surface area contributed by atoms with E-state index in [1.165, 1.54) is 19.3 Å². The highest BCUT2D eigenvalue weighted by atomic mass is 16.3. The number of nitrogens with one attached hydrogen (secondary N) is 1. The van der Waals surface area contributed by atoms with Gasteiger partial charge in [-0.2, -0.15) is 0 Å². The SMILES string of the molecule is CCC(C)C(C)NCC1(CO)CC1. The molecule has 2 atom stereocenters. The zero-order chi connectivity index (χ0) is 9.90. The lowest BCUT2D eigenvalue weighted by Crippen LogP contribution is -2.37. The van der Waals surface area contributed by atoms with Crippen molar-refractivity contribution < 1.29 is 5.11 Å². The van der Waals surface area contributed by atoms with Gasteiger partial charge in [0.25, 0.3) is 0 Å². The first kappa shape index (κ1) is 11.0. The van der Waals surface area contributed by atoms with Crippen molar-refractivity contribution in [3.63, 3.8) is 0 Å². The average molecular weight is 185 g/mol. The number of hydrogen-bond acceptors (Lipinski definition) is 2. The normalized spacial score (nSPS) is 24.0. The highest BCUT2D eigenvalue weighted by Crippen LogP contribution is 2.44. The second-order valence-corrected chi connectivity index (χ2v) is 4.71. The zero-order valence-corrected chi connectivity index (χ0v) is 9.14. The van der Waals surface area contributed by atoms with E-state index in [0.717, 1.165) is 12.5 Å². The van der Waals surface area contributed by atoms with Gasteiger partial charge in [0.15, 0.2) is 0 Å². The molecule has 0 aromatic heterocycles. The molecule has 0 aromatic rings. The quantitative estimate of drug-likeness (QED) is 0.661. The third kappa shape index (κ3) is 2.96. The van der Waals surface area contributed by atoms with Crippen LogP contribution in [-0.2, 0) is 0 Å². The predicted molar refractivity (Wildman–Crippen MR) is 55.7 cm³/mol. The Morgan fingerprint density at radius 3 is 2.38 bits per heavy atom. The first-order valence-corrected chi connectivity index (χ1v) is 5.48. The van der Waals surface area contributed by atoms with Crippen LogP contribution in [0.2, 0.25) is 0 Å². The molecule has 2 N–H and O–H groups in total. The lowest BCUT2D eigenvalue weighted by Gasteiger charge is -2.22. The van der Waals surface area contributed by atoms with Crippen LogP contribution in [-0.4, -0.2) is 24.3 Å². The van der Waals surface area contributed by atoms with Crippen LogP contribution >= 0.6 is 0 Å². The van der Waals surface area contributed by atoms with Crippen LogP contribution in [0.4, 0.5) is 0 Å². The first-order chi connectivity index (χ1) is 6.13. The van der Waals surface area contributed by atoms with E-state index in [4.69, 9.17) is 5.11 Å². The highest BCUT2D eigenvalue weighted by molar-refractivity contribution is 4.94. The molecule has 0 aliphatic heterocycles. The molecule has 0 aromatic carbocycles. The fourth-order valence-corrected chi connectivity index (χ4v) is 1.50. The van der Waals surface area contributed by atoms with E-state index in [-0.39, 0.29) is 5.41 Å². The van der Waals surface area contributed by atoms with E-state index in [1.54, 1.807) is 0 Å². The van der Waals surface area contributed by atoms with E-state index in [2.05, 4.69) is 26.1 Å². The van der Waals surface area contributed by atoms with Crippen molar-refractivity contribution in [3.8, 4) is 0 Å². The van der Waals surface area contributed by atoms with Gasteiger partial charge in [0, 0.05) is 24.6 Å². The maximum Gasteiger partial charge on any atom is 0.0499 e. The van der Waals surface area contributed by atoms with Crippen molar-refractivity contribution in [1.82, 2.24) is 5.32 Å². The summed E-state index contributed by atoms with van der Waals surface area (Å²) < 4.78 is 0. The van der Waals surface area contributed by atoms with Crippen molar-refractivity contribution in [1.29, 1.82) is 0 Å². The van der Waals surface area contributed by atoms with Crippen LogP contribution in [0.3, 0.4) is 0 Å². The molecule has 0 heterocycles. The van der Waals surface area contributed by atoms with Crippen LogP contribution in [0, 0.1) is 11.3 Å². The summed E-state index contributed by atoms with van der Waals surface area (Å²) in [4.78, 5) is 0. The summed E-state index contributed by atoms with van der Waals surface area (Å²) in [6, 6.07) is 0.578. The molecule has 78 valence electrons. The molecule has 2 unspecified atom stereocenters. The van der Waals surface area contributed by atoms with E-state index < -0.39 is 0 Å². The minimum absolute atomic E-state index is 0.252. The summed E-state index contributed by atoms with van der Waals surface area (Å²) >= 11 is 0. The maximum atomic E-state index is 9.13. The van der Waals surface area contributed by atoms with Gasteiger partial charge in [0.1, 0.15) is 0 Å². The molecule has 13 heavy (non-hydrogen) atoms. The largest absolute Gasteiger partial charge is 0.396 e. The third-order valence-corrected chi connectivity index (χ3v) is 3.59. The zero-order valence-electron chi connectivity index (χ0n) is 9.14. The summed E-state index contributed by atoms with van der Waals surface area (Å²) in [5, 5.41) is 12.7. The second-order valence-electron chi connectivity index (χ2n) is 4.71. The molecule has 0 radical (unpaired) electrons. The van der Waals surface area contributed by atoms with Crippen LogP contribution in [0.1, 0.15) is 40.0 Å². The Morgan fingerprint density at radius 1 is 1.38 bits per heavy atom. The Balaban J connectivity index is 2.18. The summed E-state index contributed by atoms with van der Waals surface area (Å²) in [6.45, 7) is 8.09. The maximum absolute atomic E-state index is 9.13. The fraction of sp³-hybridized carbons (Fsp3) is 1.00. The fourth-order valence-electron chi connectivity index (χ4n) is 1.50. The van der Waals surface area contributed by atoms with Crippen molar-refractivity contribution in [2.45, 2.75) is 46.1 Å². The standard InChI is InChI=1S/C11H23NO/c1-4-9(2)10(3)12-7-11(8-13)5-6-11/h9-10,12-13H,4-8H2,1-3H3. The van der Waals surface area contributed by atoms with E-state index >= 15 is 0 Å². The topological polar surface area (TPSA) is 32.3 Å². The molecule has 0 spiro atoms. The number of aliphatic hydroxyl groups excluding tert-OH is 1. The molecule has 0 saturated heterocycles. The van der Waals surface area contributed by atoms with Crippen molar-refractivity contribution in [3.05, 3.63) is 0 Å². The number of hydrogen-bond donors (Lipinski definition) is 2. The van der Waals surface area contributed by atoms with Crippen molar-refractivity contribution in [2.75, 3.05) is 13.2 Å². The summed E-state index contributed by atoms with van der Waals surface area (Å²) in [5.74, 6) is 0.731. The van der Waals surface area contributed by atoms with Gasteiger partial charge in [-0.05, 0) is 25.7 Å². The third-order valence-electron chi connectivity index (χ3n) is 3.59. The van der Waals surface area contributed by atoms with E-state index in [9.17, 15) is 0 Å². The minimum Gasteiger partial charge on any atom is -0.396 e. The molecule has 2 heteroatoms. The van der Waals surface area contributed by atoms with Gasteiger partial charge in [-0.3, -0.25) is 0 Å². The Hall–Kier alpha value is -0.0800.